The van der Waals surface area contributed by atoms with Crippen molar-refractivity contribution in [3.63, 3.8) is 0 Å². The van der Waals surface area contributed by atoms with Crippen LogP contribution in [-0.4, -0.2) is 18.9 Å². The Kier molecular flexibility index (Phi) is 9.43. The summed E-state index contributed by atoms with van der Waals surface area (Å²) in [7, 11) is 0. The first-order valence-corrected chi connectivity index (χ1v) is 14.3. The molecule has 4 fully saturated rings. The van der Waals surface area contributed by atoms with Crippen molar-refractivity contribution in [2.24, 2.45) is 41.4 Å². The molecule has 5 heteroatoms. The number of ether oxygens (including phenoxy) is 1. The van der Waals surface area contributed by atoms with Crippen LogP contribution in [0.4, 0.5) is 17.6 Å². The van der Waals surface area contributed by atoms with Gasteiger partial charge in [-0.1, -0.05) is 45.4 Å². The van der Waals surface area contributed by atoms with E-state index in [0.29, 0.717) is 24.9 Å². The fraction of sp³-hybridized carbons (Fsp3) is 0.931. The lowest BCUT2D eigenvalue weighted by Gasteiger charge is -2.41. The van der Waals surface area contributed by atoms with E-state index in [0.717, 1.165) is 55.5 Å². The van der Waals surface area contributed by atoms with Gasteiger partial charge in [-0.2, -0.15) is 13.2 Å². The van der Waals surface area contributed by atoms with Crippen molar-refractivity contribution in [2.75, 3.05) is 6.61 Å². The normalized spacial score (nSPS) is 40.8. The molecule has 0 aromatic rings. The Labute approximate surface area is 204 Å². The van der Waals surface area contributed by atoms with E-state index in [1.54, 1.807) is 0 Å². The molecule has 2 unspecified atom stereocenters. The highest BCUT2D eigenvalue weighted by Crippen LogP contribution is 2.43. The topological polar surface area (TPSA) is 9.23 Å². The summed E-state index contributed by atoms with van der Waals surface area (Å²) in [6.07, 6.45) is 14.5. The third kappa shape index (κ3) is 7.71. The van der Waals surface area contributed by atoms with E-state index in [4.69, 9.17) is 4.74 Å². The van der Waals surface area contributed by atoms with Crippen LogP contribution in [0, 0.1) is 41.4 Å². The first-order chi connectivity index (χ1) is 16.3. The van der Waals surface area contributed by atoms with Crippen LogP contribution < -0.4 is 0 Å². The summed E-state index contributed by atoms with van der Waals surface area (Å²) in [5.74, 6) is 3.22. The highest BCUT2D eigenvalue weighted by atomic mass is 19.4. The van der Waals surface area contributed by atoms with E-state index in [-0.39, 0.29) is 6.08 Å². The Morgan fingerprint density at radius 1 is 0.706 bits per heavy atom. The first-order valence-electron chi connectivity index (χ1n) is 14.3. The zero-order chi connectivity index (χ0) is 24.1. The second-order valence-corrected chi connectivity index (χ2v) is 12.4. The van der Waals surface area contributed by atoms with Crippen LogP contribution >= 0.6 is 0 Å². The van der Waals surface area contributed by atoms with Gasteiger partial charge in [-0.3, -0.25) is 0 Å². The SMILES string of the molecule is CC1CCC(C2CCC(C3CCC(CCC4CCC(/C(F)=C/C(F)(F)F)CC4)CC3)OC2)CC1. The lowest BCUT2D eigenvalue weighted by atomic mass is 9.71. The number of alkyl halides is 3. The summed E-state index contributed by atoms with van der Waals surface area (Å²) < 4.78 is 57.5. The van der Waals surface area contributed by atoms with Gasteiger partial charge in [0, 0.05) is 5.92 Å². The Morgan fingerprint density at radius 2 is 1.24 bits per heavy atom. The van der Waals surface area contributed by atoms with E-state index >= 15 is 0 Å². The summed E-state index contributed by atoms with van der Waals surface area (Å²) in [5.41, 5.74) is 0. The van der Waals surface area contributed by atoms with Crippen molar-refractivity contribution in [2.45, 2.75) is 122 Å². The van der Waals surface area contributed by atoms with Gasteiger partial charge in [0.15, 0.2) is 0 Å². The molecule has 1 heterocycles. The Morgan fingerprint density at radius 3 is 1.76 bits per heavy atom. The zero-order valence-electron chi connectivity index (χ0n) is 21.1. The van der Waals surface area contributed by atoms with Gasteiger partial charge in [-0.25, -0.2) is 4.39 Å². The van der Waals surface area contributed by atoms with Crippen molar-refractivity contribution in [1.29, 1.82) is 0 Å². The van der Waals surface area contributed by atoms with Crippen LogP contribution in [-0.2, 0) is 4.74 Å². The number of hydrogen-bond acceptors (Lipinski definition) is 1. The highest BCUT2D eigenvalue weighted by Gasteiger charge is 2.35. The molecule has 2 atom stereocenters. The number of halogens is 4. The van der Waals surface area contributed by atoms with Crippen LogP contribution in [0.15, 0.2) is 11.9 Å². The van der Waals surface area contributed by atoms with Gasteiger partial charge in [0.25, 0.3) is 0 Å². The van der Waals surface area contributed by atoms with Crippen molar-refractivity contribution in [3.05, 3.63) is 11.9 Å². The van der Waals surface area contributed by atoms with E-state index in [1.807, 2.05) is 0 Å². The lowest BCUT2D eigenvalue weighted by molar-refractivity contribution is -0.0821. The monoisotopic (exact) mass is 486 g/mol. The number of allylic oxidation sites excluding steroid dienone is 2. The summed E-state index contributed by atoms with van der Waals surface area (Å²) in [6, 6.07) is 0. The van der Waals surface area contributed by atoms with Crippen LogP contribution in [0.2, 0.25) is 0 Å². The first kappa shape index (κ1) is 26.5. The molecular weight excluding hydrogens is 440 g/mol. The van der Waals surface area contributed by atoms with E-state index < -0.39 is 17.9 Å². The van der Waals surface area contributed by atoms with Crippen molar-refractivity contribution >= 4 is 0 Å². The quantitative estimate of drug-likeness (QED) is 0.340. The fourth-order valence-electron chi connectivity index (χ4n) is 7.61. The molecule has 0 N–H and O–H groups in total. The molecule has 0 bridgehead atoms. The second-order valence-electron chi connectivity index (χ2n) is 12.4. The molecule has 0 spiro atoms. The van der Waals surface area contributed by atoms with E-state index in [2.05, 4.69) is 6.92 Å². The standard InChI is InChI=1S/C29H46F4O/c1-20-2-10-23(11-3-20)26-16-17-28(34-19-26)25-14-8-22(9-15-25)5-4-21-6-12-24(13-7-21)27(30)18-29(31,32)33/h18,20-26,28H,2-17,19H2,1H3/b27-18-. The number of hydrogen-bond donors (Lipinski definition) is 0. The van der Waals surface area contributed by atoms with Gasteiger partial charge in [0.05, 0.1) is 18.8 Å². The molecule has 196 valence electrons. The fourth-order valence-corrected chi connectivity index (χ4v) is 7.61. The maximum atomic E-state index is 13.8. The molecule has 4 aliphatic rings. The van der Waals surface area contributed by atoms with Crippen molar-refractivity contribution in [1.82, 2.24) is 0 Å². The molecule has 34 heavy (non-hydrogen) atoms. The van der Waals surface area contributed by atoms with Gasteiger partial charge in [0.1, 0.15) is 5.83 Å². The second kappa shape index (κ2) is 12.1. The van der Waals surface area contributed by atoms with Gasteiger partial charge >= 0.3 is 6.18 Å². The molecule has 0 aromatic heterocycles. The average Bonchev–Trinajstić information content (AvgIpc) is 2.83. The van der Waals surface area contributed by atoms with Crippen LogP contribution in [0.5, 0.6) is 0 Å². The van der Waals surface area contributed by atoms with E-state index in [9.17, 15) is 17.6 Å². The van der Waals surface area contributed by atoms with Crippen LogP contribution in [0.25, 0.3) is 0 Å². The molecule has 1 nitrogen and oxygen atoms in total. The van der Waals surface area contributed by atoms with Gasteiger partial charge in [-0.15, -0.1) is 0 Å². The molecule has 0 amide bonds. The molecule has 1 saturated heterocycles. The lowest BCUT2D eigenvalue weighted by Crippen LogP contribution is -2.37. The molecule has 0 radical (unpaired) electrons. The highest BCUT2D eigenvalue weighted by molar-refractivity contribution is 5.03. The third-order valence-corrected chi connectivity index (χ3v) is 10.0. The molecule has 3 aliphatic carbocycles. The van der Waals surface area contributed by atoms with Crippen molar-refractivity contribution < 1.29 is 22.3 Å². The summed E-state index contributed by atoms with van der Waals surface area (Å²) in [6.45, 7) is 3.39. The summed E-state index contributed by atoms with van der Waals surface area (Å²) in [4.78, 5) is 0. The Hall–Kier alpha value is -0.580. The van der Waals surface area contributed by atoms with Gasteiger partial charge < -0.3 is 4.74 Å². The summed E-state index contributed by atoms with van der Waals surface area (Å²) >= 11 is 0. The third-order valence-electron chi connectivity index (χ3n) is 10.0. The molecule has 3 saturated carbocycles. The van der Waals surface area contributed by atoms with E-state index in [1.165, 1.54) is 70.6 Å². The molecule has 0 aromatic carbocycles. The Balaban J connectivity index is 1.09. The number of rotatable bonds is 6. The zero-order valence-corrected chi connectivity index (χ0v) is 21.1. The van der Waals surface area contributed by atoms with Crippen LogP contribution in [0.1, 0.15) is 110 Å². The van der Waals surface area contributed by atoms with Gasteiger partial charge in [0.2, 0.25) is 0 Å². The smallest absolute Gasteiger partial charge is 0.378 e. The molecule has 1 aliphatic heterocycles. The maximum Gasteiger partial charge on any atom is 0.412 e. The molecule has 4 rings (SSSR count). The Bertz CT molecular complexity index is 627. The minimum absolute atomic E-state index is 0.136. The molecular formula is C29H46F4O. The maximum absolute atomic E-state index is 13.8. The summed E-state index contributed by atoms with van der Waals surface area (Å²) in [5, 5.41) is 0. The predicted molar refractivity (Wildman–Crippen MR) is 129 cm³/mol. The minimum atomic E-state index is -4.54. The minimum Gasteiger partial charge on any atom is -0.378 e. The largest absolute Gasteiger partial charge is 0.412 e. The predicted octanol–water partition coefficient (Wildman–Crippen LogP) is 9.42. The average molecular weight is 487 g/mol. The van der Waals surface area contributed by atoms with Crippen LogP contribution in [0.3, 0.4) is 0 Å². The van der Waals surface area contributed by atoms with Crippen molar-refractivity contribution in [3.8, 4) is 0 Å². The van der Waals surface area contributed by atoms with Gasteiger partial charge in [-0.05, 0) is 99.7 Å².